The van der Waals surface area contributed by atoms with Crippen molar-refractivity contribution in [1.29, 1.82) is 0 Å². The average Bonchev–Trinajstić information content (AvgIpc) is 2.72. The molecule has 0 saturated heterocycles. The van der Waals surface area contributed by atoms with Crippen molar-refractivity contribution in [1.82, 2.24) is 9.88 Å². The molecular formula is C12H22N2OS. The van der Waals surface area contributed by atoms with Crippen LogP contribution in [0.3, 0.4) is 0 Å². The van der Waals surface area contributed by atoms with Gasteiger partial charge in [-0.25, -0.2) is 4.98 Å². The topological polar surface area (TPSA) is 36.4 Å². The van der Waals surface area contributed by atoms with E-state index in [0.717, 1.165) is 38.9 Å². The van der Waals surface area contributed by atoms with Gasteiger partial charge in [0.05, 0.1) is 10.7 Å². The Morgan fingerprint density at radius 2 is 2.25 bits per heavy atom. The van der Waals surface area contributed by atoms with Crippen molar-refractivity contribution in [2.24, 2.45) is 0 Å². The van der Waals surface area contributed by atoms with Crippen LogP contribution in [-0.2, 0) is 13.0 Å². The summed E-state index contributed by atoms with van der Waals surface area (Å²) in [6, 6.07) is 0. The van der Waals surface area contributed by atoms with Crippen LogP contribution in [0.25, 0.3) is 0 Å². The maximum atomic E-state index is 8.81. The van der Waals surface area contributed by atoms with Crippen molar-refractivity contribution in [3.8, 4) is 0 Å². The molecule has 0 aliphatic heterocycles. The molecule has 0 radical (unpaired) electrons. The first-order valence-electron chi connectivity index (χ1n) is 6.06. The van der Waals surface area contributed by atoms with E-state index in [4.69, 9.17) is 5.11 Å². The van der Waals surface area contributed by atoms with E-state index >= 15 is 0 Å². The number of hydrogen-bond donors (Lipinski definition) is 1. The quantitative estimate of drug-likeness (QED) is 0.760. The largest absolute Gasteiger partial charge is 0.396 e. The van der Waals surface area contributed by atoms with E-state index in [-0.39, 0.29) is 6.61 Å². The highest BCUT2D eigenvalue weighted by atomic mass is 32.1. The van der Waals surface area contributed by atoms with E-state index in [1.165, 1.54) is 10.7 Å². The highest BCUT2D eigenvalue weighted by Gasteiger charge is 2.06. The number of aryl methyl sites for hydroxylation is 1. The Morgan fingerprint density at radius 3 is 2.88 bits per heavy atom. The van der Waals surface area contributed by atoms with E-state index in [1.807, 2.05) is 0 Å². The Bertz CT molecular complexity index is 288. The van der Waals surface area contributed by atoms with Gasteiger partial charge in [0.2, 0.25) is 0 Å². The van der Waals surface area contributed by atoms with Crippen molar-refractivity contribution in [3.05, 3.63) is 16.1 Å². The van der Waals surface area contributed by atoms with Crippen LogP contribution in [0.1, 0.15) is 37.4 Å². The van der Waals surface area contributed by atoms with E-state index in [2.05, 4.69) is 29.1 Å². The molecule has 4 heteroatoms. The van der Waals surface area contributed by atoms with Gasteiger partial charge in [-0.1, -0.05) is 13.8 Å². The predicted octanol–water partition coefficient (Wildman–Crippen LogP) is 2.30. The third kappa shape index (κ3) is 4.60. The fraction of sp³-hybridized carbons (Fsp3) is 0.750. The highest BCUT2D eigenvalue weighted by Crippen LogP contribution is 2.13. The van der Waals surface area contributed by atoms with E-state index in [0.29, 0.717) is 0 Å². The summed E-state index contributed by atoms with van der Waals surface area (Å²) in [4.78, 5) is 6.93. The van der Waals surface area contributed by atoms with Crippen molar-refractivity contribution in [2.75, 3.05) is 19.7 Å². The smallest absolute Gasteiger partial charge is 0.0928 e. The Kier molecular flexibility index (Phi) is 6.61. The molecule has 1 N–H and O–H groups in total. The first-order chi connectivity index (χ1) is 7.80. The van der Waals surface area contributed by atoms with Crippen LogP contribution in [0.2, 0.25) is 0 Å². The number of thiazole rings is 1. The molecule has 0 bridgehead atoms. The Morgan fingerprint density at radius 1 is 1.44 bits per heavy atom. The van der Waals surface area contributed by atoms with Crippen LogP contribution in [0, 0.1) is 0 Å². The molecule has 0 aromatic carbocycles. The Balaban J connectivity index is 2.43. The molecule has 1 aromatic heterocycles. The molecule has 1 aromatic rings. The second kappa shape index (κ2) is 7.76. The number of aromatic nitrogens is 1. The molecule has 0 atom stereocenters. The molecule has 1 heterocycles. The molecule has 3 nitrogen and oxygen atoms in total. The van der Waals surface area contributed by atoms with Crippen molar-refractivity contribution in [2.45, 2.75) is 39.7 Å². The number of aliphatic hydroxyl groups excluding tert-OH is 1. The Labute approximate surface area is 102 Å². The number of hydrogen-bond acceptors (Lipinski definition) is 4. The van der Waals surface area contributed by atoms with Gasteiger partial charge in [-0.3, -0.25) is 4.90 Å². The summed E-state index contributed by atoms with van der Waals surface area (Å²) in [5.41, 5.74) is 1.17. The van der Waals surface area contributed by atoms with Gasteiger partial charge in [0.15, 0.2) is 0 Å². The molecule has 0 saturated carbocycles. The normalized spacial score (nSPS) is 11.2. The van der Waals surface area contributed by atoms with Gasteiger partial charge in [-0.15, -0.1) is 11.3 Å². The number of nitrogens with zero attached hydrogens (tertiary/aromatic N) is 2. The number of rotatable bonds is 8. The molecule has 0 spiro atoms. The Hall–Kier alpha value is -0.450. The zero-order valence-corrected chi connectivity index (χ0v) is 11.1. The maximum absolute atomic E-state index is 8.81. The third-order valence-corrected chi connectivity index (χ3v) is 3.49. The van der Waals surface area contributed by atoms with Gasteiger partial charge in [-0.05, 0) is 25.8 Å². The van der Waals surface area contributed by atoms with Gasteiger partial charge in [0.25, 0.3) is 0 Å². The summed E-state index contributed by atoms with van der Waals surface area (Å²) in [6.45, 7) is 7.48. The monoisotopic (exact) mass is 242 g/mol. The van der Waals surface area contributed by atoms with Gasteiger partial charge >= 0.3 is 0 Å². The van der Waals surface area contributed by atoms with Crippen molar-refractivity contribution >= 4 is 11.3 Å². The van der Waals surface area contributed by atoms with Gasteiger partial charge in [0, 0.05) is 25.1 Å². The summed E-state index contributed by atoms with van der Waals surface area (Å²) in [7, 11) is 0. The van der Waals surface area contributed by atoms with E-state index < -0.39 is 0 Å². The van der Waals surface area contributed by atoms with Crippen LogP contribution in [0.15, 0.2) is 5.38 Å². The molecule has 0 unspecified atom stereocenters. The van der Waals surface area contributed by atoms with Crippen LogP contribution in [0.5, 0.6) is 0 Å². The maximum Gasteiger partial charge on any atom is 0.0928 e. The summed E-state index contributed by atoms with van der Waals surface area (Å²) in [5, 5.41) is 12.2. The van der Waals surface area contributed by atoms with Crippen LogP contribution >= 0.6 is 11.3 Å². The minimum Gasteiger partial charge on any atom is -0.396 e. The molecule has 0 amide bonds. The summed E-state index contributed by atoms with van der Waals surface area (Å²) in [6.07, 6.45) is 3.10. The van der Waals surface area contributed by atoms with Gasteiger partial charge < -0.3 is 5.11 Å². The predicted molar refractivity (Wildman–Crippen MR) is 68.8 cm³/mol. The molecular weight excluding hydrogens is 220 g/mol. The molecule has 1 rings (SSSR count). The summed E-state index contributed by atoms with van der Waals surface area (Å²) >= 11 is 1.76. The van der Waals surface area contributed by atoms with Crippen LogP contribution in [0.4, 0.5) is 0 Å². The van der Waals surface area contributed by atoms with Crippen LogP contribution < -0.4 is 0 Å². The van der Waals surface area contributed by atoms with E-state index in [9.17, 15) is 0 Å². The van der Waals surface area contributed by atoms with Gasteiger partial charge in [-0.2, -0.15) is 0 Å². The summed E-state index contributed by atoms with van der Waals surface area (Å²) < 4.78 is 0. The SMILES string of the molecule is CCCc1nc(CN(CC)CCCO)cs1. The van der Waals surface area contributed by atoms with E-state index in [1.54, 1.807) is 11.3 Å². The lowest BCUT2D eigenvalue weighted by Crippen LogP contribution is -2.24. The standard InChI is InChI=1S/C12H22N2OS/c1-3-6-12-13-11(10-16-12)9-14(4-2)7-5-8-15/h10,15H,3-9H2,1-2H3. The lowest BCUT2D eigenvalue weighted by Gasteiger charge is -2.18. The first kappa shape index (κ1) is 13.6. The molecule has 92 valence electrons. The highest BCUT2D eigenvalue weighted by molar-refractivity contribution is 7.09. The van der Waals surface area contributed by atoms with Crippen molar-refractivity contribution < 1.29 is 5.11 Å². The number of aliphatic hydroxyl groups is 1. The zero-order valence-electron chi connectivity index (χ0n) is 10.3. The minimum absolute atomic E-state index is 0.272. The van der Waals surface area contributed by atoms with Crippen molar-refractivity contribution in [3.63, 3.8) is 0 Å². The third-order valence-electron chi connectivity index (χ3n) is 2.53. The first-order valence-corrected chi connectivity index (χ1v) is 6.94. The molecule has 16 heavy (non-hydrogen) atoms. The molecule has 0 aliphatic rings. The summed E-state index contributed by atoms with van der Waals surface area (Å²) in [5.74, 6) is 0. The van der Waals surface area contributed by atoms with Gasteiger partial charge in [0.1, 0.15) is 0 Å². The van der Waals surface area contributed by atoms with Crippen LogP contribution in [-0.4, -0.2) is 34.7 Å². The second-order valence-corrected chi connectivity index (χ2v) is 4.87. The zero-order chi connectivity index (χ0) is 11.8. The lowest BCUT2D eigenvalue weighted by atomic mass is 10.3. The molecule has 0 fully saturated rings. The molecule has 0 aliphatic carbocycles. The average molecular weight is 242 g/mol. The fourth-order valence-corrected chi connectivity index (χ4v) is 2.51. The second-order valence-electron chi connectivity index (χ2n) is 3.93. The fourth-order valence-electron chi connectivity index (χ4n) is 1.62. The minimum atomic E-state index is 0.272. The lowest BCUT2D eigenvalue weighted by molar-refractivity contribution is 0.224.